The molecule has 232 valence electrons. The van der Waals surface area contributed by atoms with Crippen molar-refractivity contribution in [2.24, 2.45) is 0 Å². The first-order valence-corrected chi connectivity index (χ1v) is 15.0. The highest BCUT2D eigenvalue weighted by Gasteiger charge is 2.30. The van der Waals surface area contributed by atoms with Crippen LogP contribution in [0.15, 0.2) is 70.8 Å². The van der Waals surface area contributed by atoms with E-state index in [0.29, 0.717) is 109 Å². The molecule has 0 bridgehead atoms. The SMILES string of the molecule is CC1=C(CCCOCCCO[N+](=O)OCCCOCCCC2=C(C)C(=O)c3ccccc3C2=O)C(=O)c2ccccc2C1=O. The summed E-state index contributed by atoms with van der Waals surface area (Å²) in [5.41, 5.74) is 3.90. The Hall–Kier alpha value is -4.28. The molecule has 0 amide bonds. The normalized spacial score (nSPS) is 14.6. The van der Waals surface area contributed by atoms with Crippen LogP contribution >= 0.6 is 0 Å². The summed E-state index contributed by atoms with van der Waals surface area (Å²) in [6.07, 6.45) is 3.07. The van der Waals surface area contributed by atoms with Crippen LogP contribution in [0.2, 0.25) is 0 Å². The van der Waals surface area contributed by atoms with Crippen molar-refractivity contribution in [2.75, 3.05) is 39.6 Å². The average Bonchev–Trinajstić information content (AvgIpc) is 3.04. The molecule has 0 N–H and O–H groups in total. The van der Waals surface area contributed by atoms with Gasteiger partial charge in [0.2, 0.25) is 0 Å². The van der Waals surface area contributed by atoms with E-state index in [1.54, 1.807) is 62.4 Å². The summed E-state index contributed by atoms with van der Waals surface area (Å²) in [6, 6.07) is 13.8. The molecule has 2 aliphatic carbocycles. The van der Waals surface area contributed by atoms with Crippen LogP contribution < -0.4 is 0 Å². The van der Waals surface area contributed by atoms with Crippen molar-refractivity contribution in [2.45, 2.75) is 52.4 Å². The van der Waals surface area contributed by atoms with Crippen molar-refractivity contribution in [1.29, 1.82) is 0 Å². The van der Waals surface area contributed by atoms with Crippen LogP contribution in [0.25, 0.3) is 0 Å². The minimum atomic E-state index is -0.103. The molecule has 10 nitrogen and oxygen atoms in total. The van der Waals surface area contributed by atoms with Crippen LogP contribution in [0.1, 0.15) is 93.8 Å². The highest BCUT2D eigenvalue weighted by molar-refractivity contribution is 6.27. The number of benzene rings is 2. The van der Waals surface area contributed by atoms with E-state index in [1.807, 2.05) is 0 Å². The van der Waals surface area contributed by atoms with Crippen molar-refractivity contribution in [3.63, 3.8) is 0 Å². The minimum absolute atomic E-state index is 0.0809. The zero-order valence-corrected chi connectivity index (χ0v) is 25.2. The molecule has 10 heteroatoms. The van der Waals surface area contributed by atoms with Crippen molar-refractivity contribution in [1.82, 2.24) is 0 Å². The molecule has 44 heavy (non-hydrogen) atoms. The molecule has 2 aliphatic rings. The largest absolute Gasteiger partial charge is 0.477 e. The minimum Gasteiger partial charge on any atom is -0.381 e. The number of Topliss-reactive ketones (excluding diaryl/α,β-unsaturated/α-hetero) is 4. The lowest BCUT2D eigenvalue weighted by Crippen LogP contribution is -2.21. The molecule has 0 atom stereocenters. The van der Waals surface area contributed by atoms with Gasteiger partial charge in [0.1, 0.15) is 4.91 Å². The standard InChI is InChI=1S/C34H38NO9/c1-23-25(33(38)29-13-5-3-11-27(29)31(23)36)15-7-17-41-19-9-21-43-35(40)44-22-10-20-42-18-8-16-26-24(2)32(37)28-12-4-6-14-30(28)34(26)39/h3-6,11-14H,7-10,15-22H2,1-2H3/q+1. The quantitative estimate of drug-likeness (QED) is 0.153. The molecular formula is C34H38NO9+. The van der Waals surface area contributed by atoms with Crippen LogP contribution in [0.3, 0.4) is 0 Å². The number of ketones is 4. The Morgan fingerprint density at radius 3 is 1.23 bits per heavy atom. The lowest BCUT2D eigenvalue weighted by molar-refractivity contribution is -0.981. The van der Waals surface area contributed by atoms with E-state index in [2.05, 4.69) is 0 Å². The predicted octanol–water partition coefficient (Wildman–Crippen LogP) is 5.79. The Labute approximate surface area is 256 Å². The number of allylic oxidation sites excluding steroid dienone is 4. The summed E-state index contributed by atoms with van der Waals surface area (Å²) in [7, 11) is 0. The van der Waals surface area contributed by atoms with Gasteiger partial charge in [-0.2, -0.15) is 9.68 Å². The molecule has 2 aromatic rings. The van der Waals surface area contributed by atoms with Crippen molar-refractivity contribution in [3.8, 4) is 0 Å². The van der Waals surface area contributed by atoms with Crippen molar-refractivity contribution >= 4 is 23.1 Å². The number of hydrogen-bond acceptors (Lipinski definition) is 9. The van der Waals surface area contributed by atoms with Gasteiger partial charge in [-0.1, -0.05) is 48.5 Å². The Morgan fingerprint density at radius 2 is 0.841 bits per heavy atom. The first-order valence-electron chi connectivity index (χ1n) is 15.0. The van der Waals surface area contributed by atoms with Gasteiger partial charge < -0.3 is 9.47 Å². The second-order valence-electron chi connectivity index (χ2n) is 10.6. The second kappa shape index (κ2) is 16.0. The number of carbonyl (C=O) groups is 4. The van der Waals surface area contributed by atoms with Gasteiger partial charge in [0.05, 0.1) is 13.2 Å². The van der Waals surface area contributed by atoms with Crippen molar-refractivity contribution in [3.05, 3.63) is 98.0 Å². The fraction of sp³-hybridized carbons (Fsp3) is 0.412. The van der Waals surface area contributed by atoms with Gasteiger partial charge in [0.25, 0.3) is 0 Å². The molecule has 0 aliphatic heterocycles. The lowest BCUT2D eigenvalue weighted by atomic mass is 9.83. The van der Waals surface area contributed by atoms with Gasteiger partial charge in [-0.15, -0.1) is 0 Å². The molecule has 0 spiro atoms. The Balaban J connectivity index is 0.985. The Bertz CT molecular complexity index is 1380. The summed E-state index contributed by atoms with van der Waals surface area (Å²) in [4.78, 5) is 72.3. The molecule has 2 aromatic carbocycles. The van der Waals surface area contributed by atoms with Crippen LogP contribution in [0.4, 0.5) is 0 Å². The fourth-order valence-corrected chi connectivity index (χ4v) is 5.25. The van der Waals surface area contributed by atoms with Gasteiger partial charge in [0.15, 0.2) is 36.3 Å². The monoisotopic (exact) mass is 604 g/mol. The number of rotatable bonds is 18. The third-order valence-electron chi connectivity index (χ3n) is 7.66. The van der Waals surface area contributed by atoms with Crippen LogP contribution in [0, 0.1) is 4.91 Å². The van der Waals surface area contributed by atoms with Gasteiger partial charge in [-0.25, -0.2) is 0 Å². The summed E-state index contributed by atoms with van der Waals surface area (Å²) in [5.74, 6) is -0.403. The van der Waals surface area contributed by atoms with E-state index in [4.69, 9.17) is 19.1 Å². The van der Waals surface area contributed by atoms with Crippen LogP contribution in [-0.2, 0) is 19.1 Å². The summed E-state index contributed by atoms with van der Waals surface area (Å²) >= 11 is 0. The van der Waals surface area contributed by atoms with Gasteiger partial charge in [-0.3, -0.25) is 19.2 Å². The smallest absolute Gasteiger partial charge is 0.381 e. The second-order valence-corrected chi connectivity index (χ2v) is 10.6. The maximum atomic E-state index is 12.8. The number of carbonyl (C=O) groups excluding carboxylic acids is 4. The van der Waals surface area contributed by atoms with Gasteiger partial charge in [-0.05, 0) is 39.5 Å². The summed E-state index contributed by atoms with van der Waals surface area (Å²) in [5, 5.41) is 0.0809. The zero-order valence-electron chi connectivity index (χ0n) is 25.2. The van der Waals surface area contributed by atoms with E-state index in [-0.39, 0.29) is 41.4 Å². The van der Waals surface area contributed by atoms with E-state index in [9.17, 15) is 24.1 Å². The highest BCUT2D eigenvalue weighted by Crippen LogP contribution is 2.29. The van der Waals surface area contributed by atoms with Crippen LogP contribution in [-0.4, -0.2) is 67.9 Å². The van der Waals surface area contributed by atoms with E-state index < -0.39 is 0 Å². The first kappa shape index (κ1) is 32.6. The van der Waals surface area contributed by atoms with E-state index in [0.717, 1.165) is 0 Å². The van der Waals surface area contributed by atoms with Crippen LogP contribution in [0.5, 0.6) is 0 Å². The van der Waals surface area contributed by atoms with Gasteiger partial charge in [0, 0.05) is 70.6 Å². The topological polar surface area (TPSA) is 125 Å². The number of nitrogens with zero attached hydrogens (tertiary/aromatic N) is 1. The molecule has 0 saturated carbocycles. The molecule has 0 unspecified atom stereocenters. The average molecular weight is 605 g/mol. The third-order valence-corrected chi connectivity index (χ3v) is 7.66. The fourth-order valence-electron chi connectivity index (χ4n) is 5.25. The van der Waals surface area contributed by atoms with Crippen molar-refractivity contribution < 1.29 is 43.4 Å². The zero-order chi connectivity index (χ0) is 31.5. The molecular weight excluding hydrogens is 566 g/mol. The molecule has 0 radical (unpaired) electrons. The maximum Gasteiger partial charge on any atom is 0.477 e. The lowest BCUT2D eigenvalue weighted by Gasteiger charge is -2.18. The first-order chi connectivity index (χ1) is 21.3. The third kappa shape index (κ3) is 8.00. The Kier molecular flexibility index (Phi) is 11.8. The van der Waals surface area contributed by atoms with E-state index >= 15 is 0 Å². The highest BCUT2D eigenvalue weighted by atomic mass is 17.0. The van der Waals surface area contributed by atoms with Gasteiger partial charge >= 0.3 is 5.09 Å². The Morgan fingerprint density at radius 1 is 0.500 bits per heavy atom. The number of ether oxygens (including phenoxy) is 2. The molecule has 0 heterocycles. The molecule has 0 fully saturated rings. The molecule has 0 aromatic heterocycles. The summed E-state index contributed by atoms with van der Waals surface area (Å²) in [6.45, 7) is 5.20. The number of hydrogen-bond donors (Lipinski definition) is 0. The predicted molar refractivity (Wildman–Crippen MR) is 160 cm³/mol. The van der Waals surface area contributed by atoms with E-state index in [1.165, 1.54) is 0 Å². The maximum absolute atomic E-state index is 12.8. The number of fused-ring (bicyclic) bond motifs is 2. The molecule has 0 saturated heterocycles. The molecule has 4 rings (SSSR count). The summed E-state index contributed by atoms with van der Waals surface area (Å²) < 4.78 is 11.1.